The van der Waals surface area contributed by atoms with Gasteiger partial charge >= 0.3 is 8.60 Å². The van der Waals surface area contributed by atoms with Gasteiger partial charge in [0.1, 0.15) is 18.3 Å². The first-order valence-corrected chi connectivity index (χ1v) is 10.4. The van der Waals surface area contributed by atoms with E-state index < -0.39 is 25.9 Å². The van der Waals surface area contributed by atoms with Crippen molar-refractivity contribution in [3.63, 3.8) is 0 Å². The second-order valence-electron chi connectivity index (χ2n) is 6.59. The number of ether oxygens (including phenoxy) is 2. The van der Waals surface area contributed by atoms with Gasteiger partial charge in [0.15, 0.2) is 11.5 Å². The van der Waals surface area contributed by atoms with E-state index in [0.29, 0.717) is 0 Å². The van der Waals surface area contributed by atoms with Gasteiger partial charge in [0.25, 0.3) is 11.5 Å². The average Bonchev–Trinajstić information content (AvgIpc) is 2.75. The predicted molar refractivity (Wildman–Crippen MR) is 115 cm³/mol. The molecule has 0 spiro atoms. The van der Waals surface area contributed by atoms with Crippen LogP contribution >= 0.6 is 8.60 Å². The molecular weight excluding hydrogens is 442 g/mol. The molecule has 0 fully saturated rings. The molecule has 0 saturated heterocycles. The maximum absolute atomic E-state index is 13.5. The van der Waals surface area contributed by atoms with Crippen LogP contribution in [-0.4, -0.2) is 27.4 Å². The first kappa shape index (κ1) is 23.4. The zero-order valence-electron chi connectivity index (χ0n) is 17.1. The monoisotopic (exact) mass is 462 g/mol. The number of hydrogen-bond donors (Lipinski definition) is 3. The van der Waals surface area contributed by atoms with Crippen molar-refractivity contribution in [3.8, 4) is 17.2 Å². The van der Waals surface area contributed by atoms with E-state index in [1.165, 1.54) is 37.6 Å². The number of hydrogen-bond acceptors (Lipinski definition) is 7. The van der Waals surface area contributed by atoms with Crippen LogP contribution in [0.25, 0.3) is 0 Å². The summed E-state index contributed by atoms with van der Waals surface area (Å²) in [4.78, 5) is 42.6. The zero-order valence-corrected chi connectivity index (χ0v) is 18.0. The van der Waals surface area contributed by atoms with Crippen molar-refractivity contribution in [1.82, 2.24) is 4.57 Å². The van der Waals surface area contributed by atoms with Crippen LogP contribution in [0.2, 0.25) is 0 Å². The van der Waals surface area contributed by atoms with Crippen LogP contribution < -0.4 is 20.3 Å². The first-order chi connectivity index (χ1) is 15.3. The summed E-state index contributed by atoms with van der Waals surface area (Å²) in [5.41, 5.74) is 0.690. The number of halogens is 1. The van der Waals surface area contributed by atoms with Gasteiger partial charge in [0.2, 0.25) is 0 Å². The number of rotatable bonds is 8. The van der Waals surface area contributed by atoms with Crippen molar-refractivity contribution < 1.29 is 33.0 Å². The number of nitrogens with one attached hydrogen (secondary N) is 1. The molecular formula is C21H20FN2O7P. The molecule has 0 bridgehead atoms. The van der Waals surface area contributed by atoms with Crippen LogP contribution in [0.15, 0.2) is 59.5 Å². The second kappa shape index (κ2) is 10.3. The van der Waals surface area contributed by atoms with Crippen molar-refractivity contribution in [2.24, 2.45) is 0 Å². The van der Waals surface area contributed by atoms with E-state index in [0.717, 1.165) is 16.2 Å². The molecule has 11 heteroatoms. The minimum atomic E-state index is -2.60. The Morgan fingerprint density at radius 3 is 2.53 bits per heavy atom. The summed E-state index contributed by atoms with van der Waals surface area (Å²) in [5.74, 6) is -0.434. The molecule has 0 aliphatic rings. The summed E-state index contributed by atoms with van der Waals surface area (Å²) in [7, 11) is -1.22. The first-order valence-electron chi connectivity index (χ1n) is 9.21. The van der Waals surface area contributed by atoms with Crippen molar-refractivity contribution in [1.29, 1.82) is 0 Å². The van der Waals surface area contributed by atoms with Gasteiger partial charge in [-0.05, 0) is 37.3 Å². The Balaban J connectivity index is 1.84. The number of pyridine rings is 1. The van der Waals surface area contributed by atoms with Crippen molar-refractivity contribution in [3.05, 3.63) is 82.0 Å². The Morgan fingerprint density at radius 2 is 1.84 bits per heavy atom. The molecule has 9 nitrogen and oxygen atoms in total. The van der Waals surface area contributed by atoms with Gasteiger partial charge in [-0.25, -0.2) is 4.39 Å². The molecule has 1 aromatic heterocycles. The highest BCUT2D eigenvalue weighted by Crippen LogP contribution is 2.34. The maximum atomic E-state index is 13.5. The topological polar surface area (TPSA) is 119 Å². The smallest absolute Gasteiger partial charge is 0.328 e. The fourth-order valence-electron chi connectivity index (χ4n) is 2.76. The minimum absolute atomic E-state index is 0.164. The number of benzene rings is 2. The average molecular weight is 462 g/mol. The fraction of sp³-hybridized carbons (Fsp3) is 0.143. The number of amides is 1. The van der Waals surface area contributed by atoms with Crippen molar-refractivity contribution in [2.75, 3.05) is 12.4 Å². The largest absolute Gasteiger partial charge is 0.493 e. The van der Waals surface area contributed by atoms with Crippen molar-refractivity contribution in [2.45, 2.75) is 13.7 Å². The number of carbonyl (C=O) groups excluding carboxylic acids is 1. The Labute approximate surface area is 183 Å². The quantitative estimate of drug-likeness (QED) is 0.438. The lowest BCUT2D eigenvalue weighted by atomic mass is 10.1. The van der Waals surface area contributed by atoms with E-state index in [1.807, 2.05) is 0 Å². The van der Waals surface area contributed by atoms with Gasteiger partial charge in [-0.2, -0.15) is 0 Å². The number of aryl methyl sites for hydroxylation is 1. The number of carbonyl (C=O) groups is 1. The maximum Gasteiger partial charge on any atom is 0.328 e. The second-order valence-corrected chi connectivity index (χ2v) is 7.35. The molecule has 168 valence electrons. The molecule has 0 saturated carbocycles. The zero-order chi connectivity index (χ0) is 23.3. The highest BCUT2D eigenvalue weighted by Gasteiger charge is 2.17. The lowest BCUT2D eigenvalue weighted by Gasteiger charge is -2.15. The molecule has 2 aromatic carbocycles. The van der Waals surface area contributed by atoms with Crippen LogP contribution in [-0.2, 0) is 11.3 Å². The summed E-state index contributed by atoms with van der Waals surface area (Å²) >= 11 is 0. The van der Waals surface area contributed by atoms with Crippen LogP contribution in [0.3, 0.4) is 0 Å². The minimum Gasteiger partial charge on any atom is -0.493 e. The lowest BCUT2D eigenvalue weighted by molar-refractivity contribution is 0.102. The molecule has 1 amide bonds. The third-order valence-electron chi connectivity index (χ3n) is 4.29. The summed E-state index contributed by atoms with van der Waals surface area (Å²) < 4.78 is 30.1. The van der Waals surface area contributed by atoms with Crippen molar-refractivity contribution >= 4 is 20.2 Å². The van der Waals surface area contributed by atoms with Gasteiger partial charge < -0.3 is 24.6 Å². The molecule has 0 atom stereocenters. The molecule has 3 rings (SSSR count). The van der Waals surface area contributed by atoms with Gasteiger partial charge in [-0.3, -0.25) is 18.7 Å². The summed E-state index contributed by atoms with van der Waals surface area (Å²) in [6.45, 7) is 1.46. The van der Waals surface area contributed by atoms with Crippen LogP contribution in [0.4, 0.5) is 10.1 Å². The normalized spacial score (nSPS) is 10.8. The number of methoxy groups -OCH3 is 1. The SMILES string of the molecule is COc1cc(F)ccc1Oc1ccc(C)cc1C(=O)Nc1ccn(COP(O)O)c(=O)c1. The van der Waals surface area contributed by atoms with E-state index >= 15 is 0 Å². The van der Waals surface area contributed by atoms with E-state index in [4.69, 9.17) is 19.3 Å². The number of aromatic nitrogens is 1. The summed E-state index contributed by atoms with van der Waals surface area (Å²) in [6, 6.07) is 11.4. The van der Waals surface area contributed by atoms with Gasteiger partial charge in [0.05, 0.1) is 12.7 Å². The third-order valence-corrected chi connectivity index (χ3v) is 4.64. The highest BCUT2D eigenvalue weighted by atomic mass is 31.2. The summed E-state index contributed by atoms with van der Waals surface area (Å²) in [6.07, 6.45) is 1.34. The fourth-order valence-corrected chi connectivity index (χ4v) is 2.99. The molecule has 0 aliphatic heterocycles. The standard InChI is InChI=1S/C21H20FN2O7P/c1-13-3-5-17(31-18-6-4-14(22)10-19(18)29-2)16(9-13)21(26)23-15-7-8-24(20(25)11-15)12-30-32(27)28/h3-11,27-28H,12H2,1-2H3,(H,23,26). The predicted octanol–water partition coefficient (Wildman–Crippen LogP) is 3.53. The van der Waals surface area contributed by atoms with E-state index in [1.54, 1.807) is 25.1 Å². The highest BCUT2D eigenvalue weighted by molar-refractivity contribution is 7.39. The Hall–Kier alpha value is -3.30. The van der Waals surface area contributed by atoms with Crippen LogP contribution in [0, 0.1) is 12.7 Å². The van der Waals surface area contributed by atoms with Gasteiger partial charge in [0, 0.05) is 24.0 Å². The molecule has 0 aliphatic carbocycles. The van der Waals surface area contributed by atoms with Gasteiger partial charge in [-0.15, -0.1) is 0 Å². The molecule has 3 aromatic rings. The number of nitrogens with zero attached hydrogens (tertiary/aromatic N) is 1. The number of anilines is 1. The molecule has 3 N–H and O–H groups in total. The lowest BCUT2D eigenvalue weighted by Crippen LogP contribution is -2.21. The molecule has 32 heavy (non-hydrogen) atoms. The van der Waals surface area contributed by atoms with Crippen LogP contribution in [0.5, 0.6) is 17.2 Å². The third kappa shape index (κ3) is 5.89. The summed E-state index contributed by atoms with van der Waals surface area (Å²) in [5, 5.41) is 2.62. The van der Waals surface area contributed by atoms with Gasteiger partial charge in [-0.1, -0.05) is 11.6 Å². The van der Waals surface area contributed by atoms with E-state index in [9.17, 15) is 14.0 Å². The Kier molecular flexibility index (Phi) is 7.55. The van der Waals surface area contributed by atoms with Crippen LogP contribution in [0.1, 0.15) is 15.9 Å². The molecule has 0 radical (unpaired) electrons. The Morgan fingerprint density at radius 1 is 1.09 bits per heavy atom. The van der Waals surface area contributed by atoms with E-state index in [-0.39, 0.29) is 35.2 Å². The molecule has 1 heterocycles. The molecule has 0 unspecified atom stereocenters. The Bertz CT molecular complexity index is 1180. The van der Waals surface area contributed by atoms with E-state index in [2.05, 4.69) is 9.84 Å².